The molecule has 1 aliphatic rings. The van der Waals surface area contributed by atoms with Crippen LogP contribution >= 0.6 is 0 Å². The monoisotopic (exact) mass is 314 g/mol. The molecule has 0 N–H and O–H groups in total. The highest BCUT2D eigenvalue weighted by Gasteiger charge is 2.39. The van der Waals surface area contributed by atoms with Gasteiger partial charge in [0.15, 0.2) is 0 Å². The van der Waals surface area contributed by atoms with Gasteiger partial charge in [0.2, 0.25) is 8.32 Å². The van der Waals surface area contributed by atoms with Crippen molar-refractivity contribution >= 4 is 20.3 Å². The molecule has 6 heteroatoms. The first-order valence-electron chi connectivity index (χ1n) is 7.49. The standard InChI is InChI=1S/C15H26O5Si/c1-6-18-14(16)12-9-8-11(20-21(3,4)5)10-13(12)15(17)19-7-2/h8,12-13H,6-7,9-10H2,1-5H3/t12-,13-/m0/s1. The lowest BCUT2D eigenvalue weighted by Gasteiger charge is -2.31. The fraction of sp³-hybridized carbons (Fsp3) is 0.733. The molecule has 1 aliphatic carbocycles. The second-order valence-corrected chi connectivity index (χ2v) is 10.5. The minimum atomic E-state index is -1.73. The molecule has 2 atom stereocenters. The third kappa shape index (κ3) is 5.53. The largest absolute Gasteiger partial charge is 0.548 e. The zero-order chi connectivity index (χ0) is 16.0. The van der Waals surface area contributed by atoms with Gasteiger partial charge in [0.1, 0.15) is 0 Å². The molecule has 0 saturated carbocycles. The van der Waals surface area contributed by atoms with Gasteiger partial charge in [-0.25, -0.2) is 0 Å². The zero-order valence-electron chi connectivity index (χ0n) is 13.6. The fourth-order valence-electron chi connectivity index (χ4n) is 2.35. The lowest BCUT2D eigenvalue weighted by Crippen LogP contribution is -2.36. The van der Waals surface area contributed by atoms with E-state index in [9.17, 15) is 9.59 Å². The topological polar surface area (TPSA) is 61.8 Å². The molecule has 0 aliphatic heterocycles. The van der Waals surface area contributed by atoms with Crippen LogP contribution in [0.2, 0.25) is 19.6 Å². The van der Waals surface area contributed by atoms with E-state index in [4.69, 9.17) is 13.9 Å². The second-order valence-electron chi connectivity index (χ2n) is 6.04. The van der Waals surface area contributed by atoms with E-state index in [1.807, 2.05) is 6.08 Å². The molecule has 120 valence electrons. The van der Waals surface area contributed by atoms with Crippen LogP contribution in [0.4, 0.5) is 0 Å². The Morgan fingerprint density at radius 3 is 2.10 bits per heavy atom. The molecule has 0 bridgehead atoms. The van der Waals surface area contributed by atoms with Crippen molar-refractivity contribution in [3.63, 3.8) is 0 Å². The van der Waals surface area contributed by atoms with E-state index >= 15 is 0 Å². The molecular formula is C15H26O5Si. The van der Waals surface area contributed by atoms with E-state index in [-0.39, 0.29) is 11.9 Å². The van der Waals surface area contributed by atoms with Crippen LogP contribution in [0, 0.1) is 11.8 Å². The Bertz CT molecular complexity index is 411. The van der Waals surface area contributed by atoms with Gasteiger partial charge in [-0.2, -0.15) is 0 Å². The summed E-state index contributed by atoms with van der Waals surface area (Å²) >= 11 is 0. The van der Waals surface area contributed by atoms with Crippen LogP contribution in [-0.4, -0.2) is 33.5 Å². The van der Waals surface area contributed by atoms with E-state index in [0.717, 1.165) is 5.76 Å². The average Bonchev–Trinajstić information content (AvgIpc) is 2.37. The van der Waals surface area contributed by atoms with Crippen LogP contribution in [0.1, 0.15) is 26.7 Å². The van der Waals surface area contributed by atoms with E-state index in [1.165, 1.54) is 0 Å². The van der Waals surface area contributed by atoms with E-state index in [2.05, 4.69) is 19.6 Å². The van der Waals surface area contributed by atoms with Gasteiger partial charge in [0.05, 0.1) is 30.8 Å². The fourth-order valence-corrected chi connectivity index (χ4v) is 3.30. The summed E-state index contributed by atoms with van der Waals surface area (Å²) < 4.78 is 16.1. The lowest BCUT2D eigenvalue weighted by atomic mass is 9.82. The highest BCUT2D eigenvalue weighted by molar-refractivity contribution is 6.70. The van der Waals surface area contributed by atoms with Gasteiger partial charge in [-0.3, -0.25) is 9.59 Å². The molecule has 0 aromatic heterocycles. The molecule has 0 saturated heterocycles. The summed E-state index contributed by atoms with van der Waals surface area (Å²) in [6.45, 7) is 10.4. The van der Waals surface area contributed by atoms with Crippen LogP contribution in [-0.2, 0) is 23.5 Å². The van der Waals surface area contributed by atoms with Crippen molar-refractivity contribution in [1.29, 1.82) is 0 Å². The molecule has 0 spiro atoms. The van der Waals surface area contributed by atoms with E-state index in [0.29, 0.717) is 26.1 Å². The summed E-state index contributed by atoms with van der Waals surface area (Å²) in [6, 6.07) is 0. The molecule has 0 fully saturated rings. The predicted molar refractivity (Wildman–Crippen MR) is 82.0 cm³/mol. The molecule has 0 aromatic rings. The Balaban J connectivity index is 2.88. The van der Waals surface area contributed by atoms with Crippen molar-refractivity contribution in [2.24, 2.45) is 11.8 Å². The number of hydrogen-bond donors (Lipinski definition) is 0. The Morgan fingerprint density at radius 1 is 1.10 bits per heavy atom. The summed E-state index contributed by atoms with van der Waals surface area (Å²) in [5.74, 6) is -0.870. The Hall–Kier alpha value is -1.30. The van der Waals surface area contributed by atoms with Crippen LogP contribution in [0.3, 0.4) is 0 Å². The number of ether oxygens (including phenoxy) is 2. The maximum atomic E-state index is 12.1. The van der Waals surface area contributed by atoms with Crippen LogP contribution in [0.15, 0.2) is 11.8 Å². The van der Waals surface area contributed by atoms with E-state index in [1.54, 1.807) is 13.8 Å². The first kappa shape index (κ1) is 17.7. The van der Waals surface area contributed by atoms with Crippen LogP contribution < -0.4 is 0 Å². The van der Waals surface area contributed by atoms with Gasteiger partial charge in [0, 0.05) is 6.42 Å². The molecule has 0 amide bonds. The third-order valence-electron chi connectivity index (χ3n) is 3.12. The maximum absolute atomic E-state index is 12.1. The van der Waals surface area contributed by atoms with Gasteiger partial charge in [-0.1, -0.05) is 0 Å². The molecule has 0 aromatic carbocycles. The first-order valence-corrected chi connectivity index (χ1v) is 10.9. The SMILES string of the molecule is CCOC(=O)[C@H]1CC=C(O[Si](C)(C)C)C[C@@H]1C(=O)OCC. The Labute approximate surface area is 127 Å². The number of carbonyl (C=O) groups is 2. The number of carbonyl (C=O) groups excluding carboxylic acids is 2. The summed E-state index contributed by atoms with van der Waals surface area (Å²) in [7, 11) is -1.73. The average molecular weight is 314 g/mol. The van der Waals surface area contributed by atoms with Crippen molar-refractivity contribution < 1.29 is 23.5 Å². The van der Waals surface area contributed by atoms with Gasteiger partial charge < -0.3 is 13.9 Å². The Kier molecular flexibility index (Phi) is 6.45. The van der Waals surface area contributed by atoms with Gasteiger partial charge in [0.25, 0.3) is 0 Å². The number of esters is 2. The highest BCUT2D eigenvalue weighted by atomic mass is 28.4. The van der Waals surface area contributed by atoms with Crippen molar-refractivity contribution in [3.8, 4) is 0 Å². The highest BCUT2D eigenvalue weighted by Crippen LogP contribution is 2.33. The minimum absolute atomic E-state index is 0.304. The van der Waals surface area contributed by atoms with Gasteiger partial charge in [-0.05, 0) is 46.0 Å². The van der Waals surface area contributed by atoms with Crippen molar-refractivity contribution in [2.45, 2.75) is 46.3 Å². The Morgan fingerprint density at radius 2 is 1.62 bits per heavy atom. The number of allylic oxidation sites excluding steroid dienone is 2. The molecule has 21 heavy (non-hydrogen) atoms. The lowest BCUT2D eigenvalue weighted by molar-refractivity contribution is -0.160. The maximum Gasteiger partial charge on any atom is 0.310 e. The molecule has 0 unspecified atom stereocenters. The van der Waals surface area contributed by atoms with Crippen molar-refractivity contribution in [3.05, 3.63) is 11.8 Å². The summed E-state index contributed by atoms with van der Waals surface area (Å²) in [5, 5.41) is 0. The zero-order valence-corrected chi connectivity index (χ0v) is 14.6. The summed E-state index contributed by atoms with van der Waals surface area (Å²) in [4.78, 5) is 24.1. The van der Waals surface area contributed by atoms with E-state index < -0.39 is 20.2 Å². The first-order chi connectivity index (χ1) is 9.78. The van der Waals surface area contributed by atoms with Crippen LogP contribution in [0.25, 0.3) is 0 Å². The van der Waals surface area contributed by atoms with Crippen molar-refractivity contribution in [1.82, 2.24) is 0 Å². The van der Waals surface area contributed by atoms with Crippen molar-refractivity contribution in [2.75, 3.05) is 13.2 Å². The molecular weight excluding hydrogens is 288 g/mol. The normalized spacial score (nSPS) is 22.2. The molecule has 0 radical (unpaired) electrons. The van der Waals surface area contributed by atoms with Gasteiger partial charge >= 0.3 is 11.9 Å². The summed E-state index contributed by atoms with van der Waals surface area (Å²) in [5.41, 5.74) is 0. The molecule has 5 nitrogen and oxygen atoms in total. The minimum Gasteiger partial charge on any atom is -0.548 e. The third-order valence-corrected chi connectivity index (χ3v) is 4.00. The van der Waals surface area contributed by atoms with Crippen LogP contribution in [0.5, 0.6) is 0 Å². The number of hydrogen-bond acceptors (Lipinski definition) is 5. The number of rotatable bonds is 6. The predicted octanol–water partition coefficient (Wildman–Crippen LogP) is 2.87. The smallest absolute Gasteiger partial charge is 0.310 e. The second kappa shape index (κ2) is 7.63. The quantitative estimate of drug-likeness (QED) is 0.557. The molecule has 0 heterocycles. The van der Waals surface area contributed by atoms with Gasteiger partial charge in [-0.15, -0.1) is 0 Å². The summed E-state index contributed by atoms with van der Waals surface area (Å²) in [6.07, 6.45) is 2.78. The molecule has 1 rings (SSSR count).